The summed E-state index contributed by atoms with van der Waals surface area (Å²) in [4.78, 5) is 34.6. The van der Waals surface area contributed by atoms with E-state index in [1.807, 2.05) is 79.9 Å². The lowest BCUT2D eigenvalue weighted by Crippen LogP contribution is -2.70. The van der Waals surface area contributed by atoms with E-state index in [-0.39, 0.29) is 68.6 Å². The smallest absolute Gasteiger partial charge is 0.415 e. The zero-order valence-corrected chi connectivity index (χ0v) is 37.9. The fourth-order valence-electron chi connectivity index (χ4n) is 9.66. The van der Waals surface area contributed by atoms with Crippen LogP contribution in [0, 0.1) is 27.9 Å². The predicted octanol–water partition coefficient (Wildman–Crippen LogP) is 10.9. The summed E-state index contributed by atoms with van der Waals surface area (Å²) >= 11 is 1.66. The number of carbonyl (C=O) groups excluding carboxylic acids is 1. The van der Waals surface area contributed by atoms with E-state index in [0.717, 1.165) is 47.3 Å². The number of amides is 1. The molecule has 6 atom stereocenters. The van der Waals surface area contributed by atoms with Crippen molar-refractivity contribution in [3.8, 4) is 23.0 Å². The quantitative estimate of drug-likeness (QED) is 0.0254. The minimum absolute atomic E-state index is 0.0105. The molecule has 4 aromatic carbocycles. The summed E-state index contributed by atoms with van der Waals surface area (Å²) in [6.45, 7) is 6.72. The molecule has 1 heterocycles. The van der Waals surface area contributed by atoms with Gasteiger partial charge in [0.05, 0.1) is 23.2 Å². The number of aliphatic hydroxyl groups is 2. The summed E-state index contributed by atoms with van der Waals surface area (Å²) < 4.78 is 27.0. The van der Waals surface area contributed by atoms with Crippen LogP contribution < -0.4 is 14.2 Å². The topological polar surface area (TPSA) is 162 Å². The number of allylic oxidation sites excluding steroid dienone is 1. The van der Waals surface area contributed by atoms with Gasteiger partial charge in [-0.2, -0.15) is 0 Å². The molecule has 1 amide bonds. The second-order valence-corrected chi connectivity index (χ2v) is 17.5. The third-order valence-corrected chi connectivity index (χ3v) is 13.3. The number of aliphatic hydroxyl groups excluding tert-OH is 2. The molecule has 0 aromatic heterocycles. The minimum atomic E-state index is -1.50. The lowest BCUT2D eigenvalue weighted by molar-refractivity contribution is -0.384. The first-order chi connectivity index (χ1) is 31.7. The van der Waals surface area contributed by atoms with Crippen LogP contribution in [0.2, 0.25) is 0 Å². The molecule has 1 aliphatic heterocycles. The van der Waals surface area contributed by atoms with Gasteiger partial charge in [0.25, 0.3) is 5.69 Å². The fourth-order valence-corrected chi connectivity index (χ4v) is 10.1. The molecule has 4 aromatic rings. The molecule has 1 fully saturated rings. The summed E-state index contributed by atoms with van der Waals surface area (Å²) in [7, 11) is 0. The highest BCUT2D eigenvalue weighted by atomic mass is 32.2. The SMILES string of the molecule is C=CCO[C@@]12Oc3ccc(Oc4ccc(SC)cc4)cc3[C@H]3[C@H](CCCCO)[C@@H](CCCCO)C=C(C(=NOCc4ccccc4)C[C@@H]1N(CCC)C(=O)Oc1ccc([N+](=O)[O-])cc1)[C@H]32. The first-order valence-electron chi connectivity index (χ1n) is 22.5. The molecule has 0 unspecified atom stereocenters. The standard InChI is InChI=1S/C51H59N3O10S/c1-4-27-53(50(57)63-39-19-17-37(18-20-39)54(58)59)47-33-45(52-61-34-35-13-7-6-8-14-35)43-31-36(15-9-11-28-55)42(16-10-12-29-56)48-44-32-40(62-38-21-24-41(65-3)25-22-38)23-26-46(44)64-51(47,49(43)48)60-30-5-2/h5-8,13-14,17-26,31-32,36,42,47-49,55-56H,2,4,9-12,15-16,27-30,33-34H2,1,3H3/t36-,42+,47-,48+,49+,51+/m0/s1. The molecule has 1 saturated carbocycles. The average Bonchev–Trinajstić information content (AvgIpc) is 3.32. The Bertz CT molecular complexity index is 2290. The molecule has 7 rings (SSSR count). The van der Waals surface area contributed by atoms with Crippen molar-refractivity contribution in [3.05, 3.63) is 143 Å². The van der Waals surface area contributed by atoms with E-state index in [0.29, 0.717) is 42.2 Å². The van der Waals surface area contributed by atoms with Crippen LogP contribution in [0.1, 0.15) is 75.3 Å². The van der Waals surface area contributed by atoms with Gasteiger partial charge in [-0.15, -0.1) is 18.3 Å². The van der Waals surface area contributed by atoms with Gasteiger partial charge in [0.1, 0.15) is 35.6 Å². The number of hydrogen-bond acceptors (Lipinski definition) is 12. The number of nitro groups is 1. The number of thioether (sulfide) groups is 1. The van der Waals surface area contributed by atoms with Gasteiger partial charge in [-0.25, -0.2) is 4.79 Å². The van der Waals surface area contributed by atoms with E-state index in [2.05, 4.69) is 18.7 Å². The number of benzene rings is 4. The first kappa shape index (κ1) is 47.3. The molecule has 65 heavy (non-hydrogen) atoms. The maximum atomic E-state index is 14.7. The number of non-ortho nitro benzene ring substituents is 1. The molecule has 0 radical (unpaired) electrons. The first-order valence-corrected chi connectivity index (χ1v) is 23.7. The molecule has 0 saturated heterocycles. The maximum Gasteiger partial charge on any atom is 0.415 e. The number of nitro benzene ring substituents is 1. The lowest BCUT2D eigenvalue weighted by atomic mass is 9.55. The van der Waals surface area contributed by atoms with Crippen LogP contribution >= 0.6 is 11.8 Å². The Labute approximate surface area is 385 Å². The van der Waals surface area contributed by atoms with Crippen LogP contribution in [0.15, 0.2) is 131 Å². The molecule has 13 nitrogen and oxygen atoms in total. The molecular weight excluding hydrogens is 847 g/mol. The molecule has 0 bridgehead atoms. The summed E-state index contributed by atoms with van der Waals surface area (Å²) in [5.74, 6) is -0.182. The van der Waals surface area contributed by atoms with Crippen molar-refractivity contribution < 1.29 is 43.7 Å². The summed E-state index contributed by atoms with van der Waals surface area (Å²) in [5, 5.41) is 36.3. The van der Waals surface area contributed by atoms with Crippen LogP contribution in [0.25, 0.3) is 0 Å². The van der Waals surface area contributed by atoms with Crippen LogP contribution in [-0.2, 0) is 16.2 Å². The highest BCUT2D eigenvalue weighted by Gasteiger charge is 2.65. The molecule has 2 N–H and O–H groups in total. The van der Waals surface area contributed by atoms with Crippen molar-refractivity contribution >= 4 is 29.3 Å². The van der Waals surface area contributed by atoms with E-state index in [1.54, 1.807) is 22.7 Å². The van der Waals surface area contributed by atoms with E-state index in [4.69, 9.17) is 28.9 Å². The number of nitrogens with zero attached hydrogens (tertiary/aromatic N) is 3. The molecule has 3 aliphatic rings. The number of unbranched alkanes of at least 4 members (excludes halogenated alkanes) is 2. The van der Waals surface area contributed by atoms with Gasteiger partial charge in [-0.05, 0) is 116 Å². The van der Waals surface area contributed by atoms with Crippen molar-refractivity contribution in [3.63, 3.8) is 0 Å². The number of carbonyl (C=O) groups is 1. The summed E-state index contributed by atoms with van der Waals surface area (Å²) in [5.41, 5.74) is 3.30. The Morgan fingerprint density at radius 2 is 1.68 bits per heavy atom. The van der Waals surface area contributed by atoms with E-state index in [1.165, 1.54) is 24.3 Å². The predicted molar refractivity (Wildman–Crippen MR) is 251 cm³/mol. The largest absolute Gasteiger partial charge is 0.459 e. The Kier molecular flexibility index (Phi) is 16.4. The lowest BCUT2D eigenvalue weighted by Gasteiger charge is -2.59. The third kappa shape index (κ3) is 10.9. The Hall–Kier alpha value is -5.67. The monoisotopic (exact) mass is 905 g/mol. The van der Waals surface area contributed by atoms with Gasteiger partial charge in [-0.3, -0.25) is 15.0 Å². The second kappa shape index (κ2) is 22.5. The molecule has 344 valence electrons. The van der Waals surface area contributed by atoms with E-state index in [9.17, 15) is 25.1 Å². The maximum absolute atomic E-state index is 14.7. The van der Waals surface area contributed by atoms with Crippen LogP contribution in [0.5, 0.6) is 23.0 Å². The zero-order valence-electron chi connectivity index (χ0n) is 37.1. The fraction of sp³-hybridized carbons (Fsp3) is 0.412. The zero-order chi connectivity index (χ0) is 45.8. The summed E-state index contributed by atoms with van der Waals surface area (Å²) in [6.07, 6.45) is 10.5. The van der Waals surface area contributed by atoms with Crippen molar-refractivity contribution in [1.82, 2.24) is 4.90 Å². The number of oxime groups is 1. The van der Waals surface area contributed by atoms with Crippen LogP contribution in [-0.4, -0.2) is 76.3 Å². The summed E-state index contributed by atoms with van der Waals surface area (Å²) in [6, 6.07) is 28.2. The number of hydrogen-bond donors (Lipinski definition) is 2. The van der Waals surface area contributed by atoms with Gasteiger partial charge in [0.15, 0.2) is 0 Å². The number of ether oxygens (including phenoxy) is 4. The Morgan fingerprint density at radius 1 is 0.969 bits per heavy atom. The van der Waals surface area contributed by atoms with Gasteiger partial charge in [0.2, 0.25) is 5.79 Å². The van der Waals surface area contributed by atoms with Crippen LogP contribution in [0.4, 0.5) is 10.5 Å². The van der Waals surface area contributed by atoms with E-state index < -0.39 is 28.8 Å². The Balaban J connectivity index is 1.41. The van der Waals surface area contributed by atoms with Crippen LogP contribution in [0.3, 0.4) is 0 Å². The normalized spacial score (nSPS) is 22.4. The van der Waals surface area contributed by atoms with Crippen molar-refractivity contribution in [2.45, 2.75) is 87.5 Å². The van der Waals surface area contributed by atoms with E-state index >= 15 is 0 Å². The van der Waals surface area contributed by atoms with Gasteiger partial charge in [0, 0.05) is 54.7 Å². The molecule has 14 heteroatoms. The van der Waals surface area contributed by atoms with Crippen molar-refractivity contribution in [2.24, 2.45) is 22.9 Å². The molecule has 0 spiro atoms. The van der Waals surface area contributed by atoms with Gasteiger partial charge < -0.3 is 34.0 Å². The van der Waals surface area contributed by atoms with Crippen molar-refractivity contribution in [1.29, 1.82) is 0 Å². The minimum Gasteiger partial charge on any atom is -0.459 e. The van der Waals surface area contributed by atoms with Gasteiger partial charge >= 0.3 is 6.09 Å². The van der Waals surface area contributed by atoms with Gasteiger partial charge in [-0.1, -0.05) is 67.4 Å². The second-order valence-electron chi connectivity index (χ2n) is 16.6. The highest BCUT2D eigenvalue weighted by Crippen LogP contribution is 2.62. The Morgan fingerprint density at radius 3 is 2.35 bits per heavy atom. The average molecular weight is 906 g/mol. The highest BCUT2D eigenvalue weighted by molar-refractivity contribution is 7.98. The number of rotatable bonds is 22. The van der Waals surface area contributed by atoms with Crippen molar-refractivity contribution in [2.75, 3.05) is 32.6 Å². The number of fused-ring (bicyclic) bond motifs is 2. The molecule has 2 aliphatic carbocycles. The third-order valence-electron chi connectivity index (χ3n) is 12.5. The molecular formula is C51H59N3O10S.